The number of hydrogen-bond acceptors (Lipinski definition) is 0. The van der Waals surface area contributed by atoms with Gasteiger partial charge >= 0.3 is 0 Å². The van der Waals surface area contributed by atoms with Crippen LogP contribution in [0.4, 0.5) is 0 Å². The van der Waals surface area contributed by atoms with Crippen LogP contribution in [-0.2, 0) is 0 Å². The third-order valence-corrected chi connectivity index (χ3v) is 3.29. The molecule has 1 aliphatic carbocycles. The molecule has 15 heavy (non-hydrogen) atoms. The van der Waals surface area contributed by atoms with Gasteiger partial charge in [0.2, 0.25) is 0 Å². The van der Waals surface area contributed by atoms with Crippen LogP contribution in [0.1, 0.15) is 25.3 Å². The van der Waals surface area contributed by atoms with Crippen LogP contribution in [-0.4, -0.2) is 5.38 Å². The Kier molecular flexibility index (Phi) is 3.27. The number of alkyl halides is 1. The molecule has 0 heterocycles. The van der Waals surface area contributed by atoms with E-state index in [2.05, 4.69) is 43.3 Å². The number of rotatable bonds is 2. The fourth-order valence-electron chi connectivity index (χ4n) is 1.91. The van der Waals surface area contributed by atoms with Gasteiger partial charge in [-0.1, -0.05) is 55.0 Å². The Hall–Kier alpha value is -1.01. The molecule has 1 unspecified atom stereocenters. The van der Waals surface area contributed by atoms with Crippen molar-refractivity contribution in [3.8, 4) is 0 Å². The number of benzene rings is 1. The molecule has 0 N–H and O–H groups in total. The first-order valence-corrected chi connectivity index (χ1v) is 5.84. The zero-order valence-electron chi connectivity index (χ0n) is 8.91. The van der Waals surface area contributed by atoms with E-state index in [1.807, 2.05) is 6.07 Å². The summed E-state index contributed by atoms with van der Waals surface area (Å²) in [5.41, 5.74) is 3.97. The Morgan fingerprint density at radius 3 is 2.53 bits per heavy atom. The van der Waals surface area contributed by atoms with Gasteiger partial charge in [-0.25, -0.2) is 0 Å². The van der Waals surface area contributed by atoms with Gasteiger partial charge in [0.1, 0.15) is 0 Å². The van der Waals surface area contributed by atoms with E-state index in [9.17, 15) is 0 Å². The SMILES string of the molecule is CCC1=CC=C(c2ccccc2)CC1Cl. The summed E-state index contributed by atoms with van der Waals surface area (Å²) >= 11 is 6.32. The van der Waals surface area contributed by atoms with Crippen molar-refractivity contribution in [3.05, 3.63) is 53.6 Å². The highest BCUT2D eigenvalue weighted by Crippen LogP contribution is 2.31. The maximum atomic E-state index is 6.32. The average Bonchev–Trinajstić information content (AvgIpc) is 2.30. The molecule has 0 spiro atoms. The van der Waals surface area contributed by atoms with E-state index in [4.69, 9.17) is 11.6 Å². The highest BCUT2D eigenvalue weighted by Gasteiger charge is 2.16. The molecule has 0 aromatic heterocycles. The third-order valence-electron chi connectivity index (χ3n) is 2.85. The predicted molar refractivity (Wildman–Crippen MR) is 67.1 cm³/mol. The fourth-order valence-corrected chi connectivity index (χ4v) is 2.30. The van der Waals surface area contributed by atoms with E-state index in [-0.39, 0.29) is 5.38 Å². The van der Waals surface area contributed by atoms with E-state index in [1.165, 1.54) is 16.7 Å². The second-order valence-corrected chi connectivity index (χ2v) is 4.35. The first-order chi connectivity index (χ1) is 7.31. The quantitative estimate of drug-likeness (QED) is 0.645. The van der Waals surface area contributed by atoms with E-state index in [0.717, 1.165) is 12.8 Å². The van der Waals surface area contributed by atoms with Gasteiger partial charge in [-0.3, -0.25) is 0 Å². The molecular weight excluding hydrogens is 204 g/mol. The molecule has 1 aromatic carbocycles. The van der Waals surface area contributed by atoms with Crippen molar-refractivity contribution < 1.29 is 0 Å². The van der Waals surface area contributed by atoms with E-state index in [1.54, 1.807) is 0 Å². The van der Waals surface area contributed by atoms with Gasteiger partial charge in [-0.2, -0.15) is 0 Å². The summed E-state index contributed by atoms with van der Waals surface area (Å²) in [7, 11) is 0. The van der Waals surface area contributed by atoms with Crippen LogP contribution in [0.15, 0.2) is 48.1 Å². The Balaban J connectivity index is 2.27. The summed E-state index contributed by atoms with van der Waals surface area (Å²) in [5, 5.41) is 0.176. The Morgan fingerprint density at radius 2 is 1.93 bits per heavy atom. The minimum Gasteiger partial charge on any atom is -0.118 e. The van der Waals surface area contributed by atoms with Crippen molar-refractivity contribution >= 4 is 17.2 Å². The molecule has 0 saturated heterocycles. The lowest BCUT2D eigenvalue weighted by Gasteiger charge is -2.19. The van der Waals surface area contributed by atoms with Crippen LogP contribution in [0.5, 0.6) is 0 Å². The van der Waals surface area contributed by atoms with Gasteiger partial charge in [-0.15, -0.1) is 11.6 Å². The van der Waals surface area contributed by atoms with Crippen molar-refractivity contribution in [2.24, 2.45) is 0 Å². The second-order valence-electron chi connectivity index (χ2n) is 3.82. The maximum Gasteiger partial charge on any atom is 0.0588 e. The first-order valence-electron chi connectivity index (χ1n) is 5.40. The van der Waals surface area contributed by atoms with Crippen molar-refractivity contribution in [2.75, 3.05) is 0 Å². The summed E-state index contributed by atoms with van der Waals surface area (Å²) < 4.78 is 0. The van der Waals surface area contributed by atoms with Crippen LogP contribution in [0.25, 0.3) is 5.57 Å². The van der Waals surface area contributed by atoms with Crippen molar-refractivity contribution in [2.45, 2.75) is 25.1 Å². The van der Waals surface area contributed by atoms with Gasteiger partial charge in [0.25, 0.3) is 0 Å². The molecule has 0 nitrogen and oxygen atoms in total. The second kappa shape index (κ2) is 4.67. The Labute approximate surface area is 96.3 Å². The first kappa shape index (κ1) is 10.5. The summed E-state index contributed by atoms with van der Waals surface area (Å²) in [6.07, 6.45) is 6.37. The number of halogens is 1. The normalized spacial score (nSPS) is 20.8. The summed E-state index contributed by atoms with van der Waals surface area (Å²) in [6, 6.07) is 10.5. The van der Waals surface area contributed by atoms with Gasteiger partial charge < -0.3 is 0 Å². The molecule has 2 rings (SSSR count). The minimum absolute atomic E-state index is 0.176. The van der Waals surface area contributed by atoms with Crippen LogP contribution in [0.2, 0.25) is 0 Å². The standard InChI is InChI=1S/C14H15Cl/c1-2-11-8-9-13(10-14(11)15)12-6-4-3-5-7-12/h3-9,14H,2,10H2,1H3. The smallest absolute Gasteiger partial charge is 0.0588 e. The van der Waals surface area contributed by atoms with Crippen molar-refractivity contribution in [1.29, 1.82) is 0 Å². The molecular formula is C14H15Cl. The van der Waals surface area contributed by atoms with E-state index < -0.39 is 0 Å². The number of hydrogen-bond donors (Lipinski definition) is 0. The van der Waals surface area contributed by atoms with Gasteiger partial charge in [0.15, 0.2) is 0 Å². The largest absolute Gasteiger partial charge is 0.118 e. The molecule has 0 amide bonds. The fraction of sp³-hybridized carbons (Fsp3) is 0.286. The van der Waals surface area contributed by atoms with Crippen molar-refractivity contribution in [1.82, 2.24) is 0 Å². The van der Waals surface area contributed by atoms with Crippen molar-refractivity contribution in [3.63, 3.8) is 0 Å². The van der Waals surface area contributed by atoms with Gasteiger partial charge in [-0.05, 0) is 24.0 Å². The van der Waals surface area contributed by atoms with E-state index in [0.29, 0.717) is 0 Å². The number of allylic oxidation sites excluding steroid dienone is 4. The third kappa shape index (κ3) is 2.32. The molecule has 0 radical (unpaired) electrons. The van der Waals surface area contributed by atoms with Gasteiger partial charge in [0.05, 0.1) is 5.38 Å². The molecule has 1 aromatic rings. The molecule has 0 bridgehead atoms. The van der Waals surface area contributed by atoms with Crippen LogP contribution >= 0.6 is 11.6 Å². The summed E-state index contributed by atoms with van der Waals surface area (Å²) in [4.78, 5) is 0. The predicted octanol–water partition coefficient (Wildman–Crippen LogP) is 4.42. The zero-order valence-corrected chi connectivity index (χ0v) is 9.67. The molecule has 1 heteroatoms. The van der Waals surface area contributed by atoms with Crippen LogP contribution < -0.4 is 0 Å². The summed E-state index contributed by atoms with van der Waals surface area (Å²) in [6.45, 7) is 2.16. The lowest BCUT2D eigenvalue weighted by atomic mass is 9.92. The Bertz CT molecular complexity index is 387. The molecule has 1 atom stereocenters. The highest BCUT2D eigenvalue weighted by atomic mass is 35.5. The molecule has 78 valence electrons. The highest BCUT2D eigenvalue weighted by molar-refractivity contribution is 6.23. The van der Waals surface area contributed by atoms with E-state index >= 15 is 0 Å². The summed E-state index contributed by atoms with van der Waals surface area (Å²) in [5.74, 6) is 0. The molecule has 0 fully saturated rings. The maximum absolute atomic E-state index is 6.32. The monoisotopic (exact) mass is 218 g/mol. The lowest BCUT2D eigenvalue weighted by Crippen LogP contribution is -2.07. The minimum atomic E-state index is 0.176. The Morgan fingerprint density at radius 1 is 1.20 bits per heavy atom. The molecule has 1 aliphatic rings. The molecule has 0 aliphatic heterocycles. The van der Waals surface area contributed by atoms with Crippen LogP contribution in [0, 0.1) is 0 Å². The topological polar surface area (TPSA) is 0 Å². The molecule has 0 saturated carbocycles. The lowest BCUT2D eigenvalue weighted by molar-refractivity contribution is 0.914. The zero-order chi connectivity index (χ0) is 10.7. The average molecular weight is 219 g/mol. The van der Waals surface area contributed by atoms with Gasteiger partial charge in [0, 0.05) is 0 Å². The van der Waals surface area contributed by atoms with Crippen LogP contribution in [0.3, 0.4) is 0 Å².